The molecule has 1 saturated heterocycles. The number of alkyl halides is 3. The lowest BCUT2D eigenvalue weighted by Crippen LogP contribution is -2.79. The van der Waals surface area contributed by atoms with Crippen LogP contribution in [0.3, 0.4) is 0 Å². The van der Waals surface area contributed by atoms with Gasteiger partial charge in [-0.1, -0.05) is 24.3 Å². The van der Waals surface area contributed by atoms with Crippen molar-refractivity contribution in [3.05, 3.63) is 77.4 Å². The zero-order valence-corrected chi connectivity index (χ0v) is 25.4. The quantitative estimate of drug-likeness (QED) is 0.184. The van der Waals surface area contributed by atoms with Crippen molar-refractivity contribution in [2.45, 2.75) is 74.9 Å². The van der Waals surface area contributed by atoms with E-state index in [1.54, 1.807) is 18.0 Å². The molecule has 2 aromatic rings. The molecule has 5 atom stereocenters. The van der Waals surface area contributed by atoms with Crippen molar-refractivity contribution in [3.63, 3.8) is 0 Å². The van der Waals surface area contributed by atoms with Crippen LogP contribution in [-0.2, 0) is 37.1 Å². The Kier molecular flexibility index (Phi) is 7.58. The number of carbonyl (C=O) groups is 3. The van der Waals surface area contributed by atoms with E-state index < -0.39 is 52.7 Å². The summed E-state index contributed by atoms with van der Waals surface area (Å²) in [5.74, 6) is -0.645. The number of esters is 2. The van der Waals surface area contributed by atoms with Gasteiger partial charge in [0.25, 0.3) is 0 Å². The van der Waals surface area contributed by atoms with Crippen molar-refractivity contribution in [2.75, 3.05) is 20.1 Å². The van der Waals surface area contributed by atoms with Crippen LogP contribution in [0.25, 0.3) is 6.08 Å². The van der Waals surface area contributed by atoms with E-state index >= 15 is 0 Å². The fourth-order valence-corrected chi connectivity index (χ4v) is 8.31. The fraction of sp³-hybridized carbons (Fsp3) is 0.441. The predicted octanol–water partition coefficient (Wildman–Crippen LogP) is 5.08. The van der Waals surface area contributed by atoms with Gasteiger partial charge in [0.1, 0.15) is 11.7 Å². The van der Waals surface area contributed by atoms with Gasteiger partial charge >= 0.3 is 18.1 Å². The number of carbonyl (C=O) groups excluding carboxylic acids is 3. The van der Waals surface area contributed by atoms with Crippen molar-refractivity contribution in [1.82, 2.24) is 9.80 Å². The number of hydrogen-bond acceptors (Lipinski definition) is 7. The molecule has 11 heteroatoms. The van der Waals surface area contributed by atoms with Crippen molar-refractivity contribution >= 4 is 23.9 Å². The monoisotopic (exact) mass is 624 g/mol. The van der Waals surface area contributed by atoms with Gasteiger partial charge in [-0.05, 0) is 61.1 Å². The van der Waals surface area contributed by atoms with E-state index in [4.69, 9.17) is 14.2 Å². The Labute approximate surface area is 259 Å². The molecule has 1 amide bonds. The normalized spacial score (nSPS) is 28.2. The Hall–Kier alpha value is -4.12. The highest BCUT2D eigenvalue weighted by Crippen LogP contribution is 2.67. The van der Waals surface area contributed by atoms with Gasteiger partial charge in [-0.25, -0.2) is 0 Å². The number of likely N-dealkylation sites (tertiary alicyclic amines) is 1. The number of ether oxygens (including phenoxy) is 3. The highest BCUT2D eigenvalue weighted by Gasteiger charge is 2.75. The predicted molar refractivity (Wildman–Crippen MR) is 158 cm³/mol. The Morgan fingerprint density at radius 1 is 1.16 bits per heavy atom. The van der Waals surface area contributed by atoms with E-state index in [0.29, 0.717) is 44.5 Å². The number of nitrogens with zero attached hydrogens (tertiary/aromatic N) is 2. The van der Waals surface area contributed by atoms with Crippen LogP contribution in [0, 0.1) is 0 Å². The van der Waals surface area contributed by atoms with Crippen molar-refractivity contribution in [3.8, 4) is 11.5 Å². The molecule has 6 rings (SSSR count). The molecular formula is C34H35F3N2O6. The van der Waals surface area contributed by atoms with Gasteiger partial charge < -0.3 is 19.1 Å². The van der Waals surface area contributed by atoms with Gasteiger partial charge in [0.05, 0.1) is 23.1 Å². The van der Waals surface area contributed by atoms with E-state index in [2.05, 4.69) is 11.5 Å². The van der Waals surface area contributed by atoms with Gasteiger partial charge in [0.15, 0.2) is 11.5 Å². The average Bonchev–Trinajstić information content (AvgIpc) is 3.33. The molecular weight excluding hydrogens is 589 g/mol. The summed E-state index contributed by atoms with van der Waals surface area (Å²) in [5, 5.41) is 0. The maximum Gasteiger partial charge on any atom is 0.416 e. The van der Waals surface area contributed by atoms with Crippen LogP contribution < -0.4 is 9.47 Å². The smallest absolute Gasteiger partial charge is 0.416 e. The van der Waals surface area contributed by atoms with Crippen LogP contribution in [0.15, 0.2) is 55.1 Å². The largest absolute Gasteiger partial charge is 0.483 e. The molecule has 238 valence electrons. The number of piperidine rings is 1. The first-order valence-corrected chi connectivity index (χ1v) is 15.0. The number of halogens is 3. The van der Waals surface area contributed by atoms with Gasteiger partial charge in [0.2, 0.25) is 5.91 Å². The van der Waals surface area contributed by atoms with Crippen LogP contribution in [0.4, 0.5) is 13.2 Å². The van der Waals surface area contributed by atoms with Crippen LogP contribution in [0.2, 0.25) is 0 Å². The second-order valence-electron chi connectivity index (χ2n) is 12.3. The SMILES string of the molecule is C=CCN1CC[C@]23c4c5ccc(OC(C)=O)c4O[C@H]2[C@H](N(C)C(=O)C=Cc2cccc(C(F)(F)F)c2)CC[C@@]3(OC(C)=O)[C@H]1C5. The highest BCUT2D eigenvalue weighted by atomic mass is 19.4. The molecule has 4 aliphatic rings. The molecule has 1 spiro atoms. The summed E-state index contributed by atoms with van der Waals surface area (Å²) in [4.78, 5) is 42.3. The van der Waals surface area contributed by atoms with Crippen LogP contribution >= 0.6 is 0 Å². The molecule has 45 heavy (non-hydrogen) atoms. The van der Waals surface area contributed by atoms with Crippen LogP contribution in [0.5, 0.6) is 11.5 Å². The molecule has 0 radical (unpaired) electrons. The zero-order valence-electron chi connectivity index (χ0n) is 25.4. The Bertz CT molecular complexity index is 1600. The van der Waals surface area contributed by atoms with Gasteiger partial charge in [0, 0.05) is 45.6 Å². The first kappa shape index (κ1) is 30.9. The van der Waals surface area contributed by atoms with E-state index in [9.17, 15) is 27.6 Å². The minimum absolute atomic E-state index is 0.181. The number of amides is 1. The average molecular weight is 625 g/mol. The maximum atomic E-state index is 13.6. The first-order chi connectivity index (χ1) is 21.3. The lowest BCUT2D eigenvalue weighted by Gasteiger charge is -2.65. The lowest BCUT2D eigenvalue weighted by molar-refractivity contribution is -0.222. The molecule has 0 N–H and O–H groups in total. The summed E-state index contributed by atoms with van der Waals surface area (Å²) < 4.78 is 58.5. The minimum Gasteiger partial charge on any atom is -0.483 e. The third-order valence-corrected chi connectivity index (χ3v) is 9.91. The molecule has 0 unspecified atom stereocenters. The number of hydrogen-bond donors (Lipinski definition) is 0. The second kappa shape index (κ2) is 11.0. The van der Waals surface area contributed by atoms with Gasteiger partial charge in [-0.15, -0.1) is 6.58 Å². The number of rotatable bonds is 7. The standard InChI is InChI=1S/C34H35F3N2O6/c1-5-16-39-17-15-32-29-23-10-11-26(43-20(2)40)30(29)44-31(32)25(13-14-33(32,27(39)19-23)45-21(3)41)38(4)28(42)12-9-22-7-6-8-24(18-22)34(35,36)37/h5-12,18,25,27,31H,1,13-17,19H2,2-4H3/t25-,27-,31+,32+,33-/m1/s1. The second-order valence-corrected chi connectivity index (χ2v) is 12.3. The zero-order chi connectivity index (χ0) is 32.3. The Morgan fingerprint density at radius 3 is 2.62 bits per heavy atom. The van der Waals surface area contributed by atoms with Crippen molar-refractivity contribution < 1.29 is 41.8 Å². The van der Waals surface area contributed by atoms with Crippen LogP contribution in [0.1, 0.15) is 55.4 Å². The summed E-state index contributed by atoms with van der Waals surface area (Å²) in [6, 6.07) is 7.76. The molecule has 2 aliphatic heterocycles. The molecule has 1 saturated carbocycles. The Balaban J connectivity index is 1.42. The number of likely N-dealkylation sites (N-methyl/N-ethyl adjacent to an activating group) is 1. The van der Waals surface area contributed by atoms with Crippen molar-refractivity contribution in [2.24, 2.45) is 0 Å². The minimum atomic E-state index is -4.50. The van der Waals surface area contributed by atoms with E-state index in [-0.39, 0.29) is 17.4 Å². The summed E-state index contributed by atoms with van der Waals surface area (Å²) >= 11 is 0. The molecule has 2 bridgehead atoms. The highest BCUT2D eigenvalue weighted by molar-refractivity contribution is 5.92. The summed E-state index contributed by atoms with van der Waals surface area (Å²) in [6.07, 6.45) is 1.32. The molecule has 8 nitrogen and oxygen atoms in total. The third kappa shape index (κ3) is 4.83. The van der Waals surface area contributed by atoms with Crippen LogP contribution in [-0.4, -0.2) is 71.6 Å². The lowest BCUT2D eigenvalue weighted by atomic mass is 9.48. The molecule has 2 aliphatic carbocycles. The maximum absolute atomic E-state index is 13.6. The fourth-order valence-electron chi connectivity index (χ4n) is 8.31. The third-order valence-electron chi connectivity index (χ3n) is 9.91. The summed E-state index contributed by atoms with van der Waals surface area (Å²) in [7, 11) is 1.65. The number of benzene rings is 2. The Morgan fingerprint density at radius 2 is 1.93 bits per heavy atom. The first-order valence-electron chi connectivity index (χ1n) is 15.0. The molecule has 0 aromatic heterocycles. The van der Waals surface area contributed by atoms with E-state index in [1.165, 1.54) is 38.1 Å². The summed E-state index contributed by atoms with van der Waals surface area (Å²) in [5.41, 5.74) is -0.525. The molecule has 2 fully saturated rings. The van der Waals surface area contributed by atoms with E-state index in [0.717, 1.165) is 23.3 Å². The molecule has 2 aromatic carbocycles. The summed E-state index contributed by atoms with van der Waals surface area (Å²) in [6.45, 7) is 7.91. The van der Waals surface area contributed by atoms with Crippen molar-refractivity contribution in [1.29, 1.82) is 0 Å². The topological polar surface area (TPSA) is 85.4 Å². The van der Waals surface area contributed by atoms with E-state index in [1.807, 2.05) is 12.1 Å². The van der Waals surface area contributed by atoms with Gasteiger partial charge in [-0.2, -0.15) is 13.2 Å². The van der Waals surface area contributed by atoms with Gasteiger partial charge in [-0.3, -0.25) is 19.3 Å². The molecule has 2 heterocycles.